The van der Waals surface area contributed by atoms with E-state index in [4.69, 9.17) is 42.6 Å². The fourth-order valence-corrected chi connectivity index (χ4v) is 7.33. The quantitative estimate of drug-likeness (QED) is 0.145. The molecule has 6 rings (SSSR count). The highest BCUT2D eigenvalue weighted by atomic mass is 35.5. The third kappa shape index (κ3) is 7.57. The molecule has 0 unspecified atom stereocenters. The lowest BCUT2D eigenvalue weighted by atomic mass is 9.72. The van der Waals surface area contributed by atoms with Gasteiger partial charge in [0.1, 0.15) is 11.4 Å². The molecule has 0 radical (unpaired) electrons. The van der Waals surface area contributed by atoms with Crippen LogP contribution in [0.25, 0.3) is 33.6 Å². The van der Waals surface area contributed by atoms with Gasteiger partial charge in [0, 0.05) is 41.3 Å². The SMILES string of the molecule is COc1nc(-c2cccc(-c3cccc(-c4cnc(CNCC5CC(C)(O)C5)c(OC)n4)c3Cl)c2Cl)cnc1CCC[C@@H]1CCC(=O)N1. The molecule has 2 aliphatic rings. The van der Waals surface area contributed by atoms with Gasteiger partial charge in [-0.1, -0.05) is 59.6 Å². The van der Waals surface area contributed by atoms with Crippen LogP contribution in [0, 0.1) is 5.92 Å². The normalized spacial score (nSPS) is 20.3. The third-order valence-corrected chi connectivity index (χ3v) is 9.90. The maximum atomic E-state index is 11.5. The minimum atomic E-state index is -0.546. The molecule has 1 aliphatic carbocycles. The first kappa shape index (κ1) is 34.0. The largest absolute Gasteiger partial charge is 0.480 e. The highest BCUT2D eigenvalue weighted by Crippen LogP contribution is 2.42. The van der Waals surface area contributed by atoms with Crippen molar-refractivity contribution in [3.63, 3.8) is 0 Å². The smallest absolute Gasteiger partial charge is 0.237 e. The predicted molar refractivity (Wildman–Crippen MR) is 186 cm³/mol. The molecule has 1 aliphatic heterocycles. The van der Waals surface area contributed by atoms with Crippen LogP contribution in [0.3, 0.4) is 0 Å². The Morgan fingerprint density at radius 3 is 2.02 bits per heavy atom. The van der Waals surface area contributed by atoms with Crippen molar-refractivity contribution in [2.75, 3.05) is 20.8 Å². The van der Waals surface area contributed by atoms with Gasteiger partial charge >= 0.3 is 0 Å². The van der Waals surface area contributed by atoms with E-state index in [0.717, 1.165) is 55.5 Å². The average molecular weight is 692 g/mol. The summed E-state index contributed by atoms with van der Waals surface area (Å²) in [6, 6.07) is 11.7. The Bertz CT molecular complexity index is 1790. The zero-order valence-corrected chi connectivity index (χ0v) is 28.9. The van der Waals surface area contributed by atoms with Crippen LogP contribution in [0.5, 0.6) is 11.8 Å². The zero-order chi connectivity index (χ0) is 33.8. The van der Waals surface area contributed by atoms with E-state index in [0.29, 0.717) is 75.3 Å². The number of methoxy groups -OCH3 is 2. The highest BCUT2D eigenvalue weighted by molar-refractivity contribution is 6.39. The average Bonchev–Trinajstić information content (AvgIpc) is 3.49. The number of benzene rings is 2. The number of nitrogens with one attached hydrogen (secondary N) is 2. The second kappa shape index (κ2) is 14.7. The van der Waals surface area contributed by atoms with E-state index in [1.54, 1.807) is 26.6 Å². The van der Waals surface area contributed by atoms with Gasteiger partial charge < -0.3 is 25.2 Å². The van der Waals surface area contributed by atoms with E-state index in [1.807, 2.05) is 43.3 Å². The first-order chi connectivity index (χ1) is 23.2. The molecule has 10 nitrogen and oxygen atoms in total. The van der Waals surface area contributed by atoms with Crippen LogP contribution >= 0.6 is 23.2 Å². The van der Waals surface area contributed by atoms with Gasteiger partial charge in [-0.05, 0) is 57.9 Å². The minimum Gasteiger partial charge on any atom is -0.480 e. The van der Waals surface area contributed by atoms with Crippen molar-refractivity contribution in [1.82, 2.24) is 30.6 Å². The molecule has 1 atom stereocenters. The molecule has 4 aromatic rings. The summed E-state index contributed by atoms with van der Waals surface area (Å²) >= 11 is 14.1. The predicted octanol–water partition coefficient (Wildman–Crippen LogP) is 6.44. The number of aliphatic hydroxyl groups is 1. The Hall–Kier alpha value is -3.83. The van der Waals surface area contributed by atoms with Gasteiger partial charge in [0.15, 0.2) is 0 Å². The van der Waals surface area contributed by atoms with Gasteiger partial charge in [-0.3, -0.25) is 14.8 Å². The fourth-order valence-electron chi connectivity index (χ4n) is 6.68. The summed E-state index contributed by atoms with van der Waals surface area (Å²) in [6.45, 7) is 3.16. The van der Waals surface area contributed by atoms with Crippen molar-refractivity contribution in [2.45, 2.75) is 70.1 Å². The van der Waals surface area contributed by atoms with Gasteiger partial charge in [0.2, 0.25) is 17.7 Å². The molecule has 12 heteroatoms. The summed E-state index contributed by atoms with van der Waals surface area (Å²) in [7, 11) is 3.16. The lowest BCUT2D eigenvalue weighted by Gasteiger charge is -2.41. The Kier molecular flexibility index (Phi) is 10.5. The molecule has 0 spiro atoms. The second-order valence-corrected chi connectivity index (χ2v) is 13.6. The number of amides is 1. The van der Waals surface area contributed by atoms with Crippen molar-refractivity contribution >= 4 is 29.1 Å². The van der Waals surface area contributed by atoms with Crippen molar-refractivity contribution in [1.29, 1.82) is 0 Å². The summed E-state index contributed by atoms with van der Waals surface area (Å²) in [5.74, 6) is 1.44. The number of aryl methyl sites for hydroxylation is 1. The molecule has 1 amide bonds. The summed E-state index contributed by atoms with van der Waals surface area (Å²) < 4.78 is 11.2. The van der Waals surface area contributed by atoms with E-state index in [-0.39, 0.29) is 11.9 Å². The number of carbonyl (C=O) groups is 1. The van der Waals surface area contributed by atoms with Crippen LogP contribution < -0.4 is 20.1 Å². The zero-order valence-electron chi connectivity index (χ0n) is 27.4. The van der Waals surface area contributed by atoms with E-state index in [2.05, 4.69) is 20.6 Å². The van der Waals surface area contributed by atoms with Gasteiger partial charge in [0.25, 0.3) is 0 Å². The summed E-state index contributed by atoms with van der Waals surface area (Å²) in [5, 5.41) is 17.4. The number of nitrogens with zero attached hydrogens (tertiary/aromatic N) is 4. The highest BCUT2D eigenvalue weighted by Gasteiger charge is 2.37. The number of hydrogen-bond donors (Lipinski definition) is 3. The van der Waals surface area contributed by atoms with E-state index in [9.17, 15) is 9.90 Å². The summed E-state index contributed by atoms with van der Waals surface area (Å²) in [5.41, 5.74) is 4.94. The van der Waals surface area contributed by atoms with Crippen LogP contribution in [0.15, 0.2) is 48.8 Å². The van der Waals surface area contributed by atoms with E-state index in [1.165, 1.54) is 0 Å². The van der Waals surface area contributed by atoms with Crippen molar-refractivity contribution < 1.29 is 19.4 Å². The fraction of sp³-hybridized carbons (Fsp3) is 0.417. The topological polar surface area (TPSA) is 131 Å². The molecular formula is C36H40Cl2N6O4. The van der Waals surface area contributed by atoms with Gasteiger partial charge in [-0.25, -0.2) is 9.97 Å². The Morgan fingerprint density at radius 1 is 0.917 bits per heavy atom. The summed E-state index contributed by atoms with van der Waals surface area (Å²) in [6.07, 6.45) is 8.91. The van der Waals surface area contributed by atoms with Crippen molar-refractivity contribution in [3.05, 3.63) is 70.2 Å². The Labute approximate surface area is 290 Å². The number of ether oxygens (including phenoxy) is 2. The minimum absolute atomic E-state index is 0.123. The maximum absolute atomic E-state index is 11.5. The second-order valence-electron chi connectivity index (χ2n) is 12.9. The maximum Gasteiger partial charge on any atom is 0.237 e. The van der Waals surface area contributed by atoms with E-state index < -0.39 is 5.60 Å². The molecule has 2 fully saturated rings. The van der Waals surface area contributed by atoms with Gasteiger partial charge in [-0.15, -0.1) is 0 Å². The first-order valence-corrected chi connectivity index (χ1v) is 17.0. The molecule has 0 bridgehead atoms. The molecular weight excluding hydrogens is 651 g/mol. The molecule has 48 heavy (non-hydrogen) atoms. The third-order valence-electron chi connectivity index (χ3n) is 9.08. The molecule has 3 heterocycles. The van der Waals surface area contributed by atoms with Crippen LogP contribution in [0.4, 0.5) is 0 Å². The van der Waals surface area contributed by atoms with Crippen molar-refractivity contribution in [3.8, 4) is 45.4 Å². The lowest BCUT2D eigenvalue weighted by molar-refractivity contribution is -0.119. The lowest BCUT2D eigenvalue weighted by Crippen LogP contribution is -2.44. The standard InChI is InChI=1S/C36H40Cl2N6O4/c1-36(46)15-21(16-36)17-39-18-30-35(48-3)44-29(20-41-30)26-11-6-9-24(33(26)38)23-8-5-10-25(32(23)37)28-19-40-27(34(43-28)47-2)12-4-7-22-13-14-31(45)42-22/h5-6,8-11,19-22,39,46H,4,7,12-18H2,1-3H3,(H,42,45)/t21?,22-,36?/m1/s1. The van der Waals surface area contributed by atoms with Crippen LogP contribution in [-0.4, -0.2) is 63.4 Å². The number of hydrogen-bond acceptors (Lipinski definition) is 9. The number of halogens is 2. The van der Waals surface area contributed by atoms with Gasteiger partial charge in [0.05, 0.1) is 53.6 Å². The Balaban J connectivity index is 1.19. The molecule has 252 valence electrons. The monoisotopic (exact) mass is 690 g/mol. The molecule has 2 aromatic carbocycles. The number of carbonyl (C=O) groups excluding carboxylic acids is 1. The summed E-state index contributed by atoms with van der Waals surface area (Å²) in [4.78, 5) is 30.3. The molecule has 2 aromatic heterocycles. The van der Waals surface area contributed by atoms with Crippen LogP contribution in [0.1, 0.15) is 56.8 Å². The molecule has 1 saturated carbocycles. The number of rotatable bonds is 13. The van der Waals surface area contributed by atoms with Gasteiger partial charge in [-0.2, -0.15) is 0 Å². The van der Waals surface area contributed by atoms with Crippen LogP contribution in [-0.2, 0) is 17.8 Å². The van der Waals surface area contributed by atoms with Crippen molar-refractivity contribution in [2.24, 2.45) is 5.92 Å². The molecule has 1 saturated heterocycles. The number of aromatic nitrogens is 4. The van der Waals surface area contributed by atoms with E-state index >= 15 is 0 Å². The van der Waals surface area contributed by atoms with Crippen LogP contribution in [0.2, 0.25) is 10.0 Å². The first-order valence-electron chi connectivity index (χ1n) is 16.3. The Morgan fingerprint density at radius 2 is 1.48 bits per heavy atom. The molecule has 3 N–H and O–H groups in total.